The van der Waals surface area contributed by atoms with Crippen LogP contribution in [0.5, 0.6) is 0 Å². The molecule has 0 atom stereocenters. The van der Waals surface area contributed by atoms with E-state index in [9.17, 15) is 9.59 Å². The smallest absolute Gasteiger partial charge is 0.407 e. The summed E-state index contributed by atoms with van der Waals surface area (Å²) >= 11 is 0. The van der Waals surface area contributed by atoms with Crippen molar-refractivity contribution < 1.29 is 24.2 Å². The van der Waals surface area contributed by atoms with Crippen molar-refractivity contribution in [1.29, 1.82) is 0 Å². The third-order valence-electron chi connectivity index (χ3n) is 5.54. The van der Waals surface area contributed by atoms with E-state index in [4.69, 9.17) is 14.6 Å². The van der Waals surface area contributed by atoms with E-state index in [-0.39, 0.29) is 16.9 Å². The number of imidazole rings is 1. The number of aromatic amines is 1. The highest BCUT2D eigenvalue weighted by Crippen LogP contribution is 2.40. The highest BCUT2D eigenvalue weighted by molar-refractivity contribution is 8.77. The van der Waals surface area contributed by atoms with Crippen LogP contribution in [0, 0.1) is 0 Å². The number of aromatic carboxylic acids is 1. The second-order valence-electron chi connectivity index (χ2n) is 9.14. The number of amides is 1. The van der Waals surface area contributed by atoms with Gasteiger partial charge in [-0.05, 0) is 54.0 Å². The molecule has 2 aromatic carbocycles. The van der Waals surface area contributed by atoms with Crippen molar-refractivity contribution in [3.05, 3.63) is 59.2 Å². The zero-order chi connectivity index (χ0) is 25.5. The normalized spacial score (nSPS) is 14.6. The number of carboxylic acid groups (broad SMARTS) is 1. The Labute approximate surface area is 217 Å². The molecule has 1 aromatic heterocycles. The molecule has 0 radical (unpaired) electrons. The molecule has 0 bridgehead atoms. The summed E-state index contributed by atoms with van der Waals surface area (Å²) in [6, 6.07) is 13.0. The average molecular weight is 531 g/mol. The maximum Gasteiger partial charge on any atom is 0.407 e. The summed E-state index contributed by atoms with van der Waals surface area (Å²) in [5.41, 5.74) is 3.81. The SMILES string of the molecule is CC(C)(COC(=O)NCc1cccc(CN2CCOCC2)c1)SSc1nc2ccc(C(=O)O)cc2[nH]1. The van der Waals surface area contributed by atoms with Gasteiger partial charge < -0.3 is 24.9 Å². The van der Waals surface area contributed by atoms with E-state index in [0.717, 1.165) is 38.4 Å². The van der Waals surface area contributed by atoms with Gasteiger partial charge in [-0.25, -0.2) is 14.6 Å². The van der Waals surface area contributed by atoms with Gasteiger partial charge in [0, 0.05) is 26.2 Å². The summed E-state index contributed by atoms with van der Waals surface area (Å²) in [6.07, 6.45) is -0.461. The number of aromatic nitrogens is 2. The van der Waals surface area contributed by atoms with E-state index in [1.165, 1.54) is 33.2 Å². The molecule has 3 N–H and O–H groups in total. The maximum atomic E-state index is 12.3. The van der Waals surface area contributed by atoms with E-state index in [2.05, 4.69) is 32.3 Å². The molecule has 4 rings (SSSR count). The molecule has 0 aliphatic carbocycles. The molecule has 1 aliphatic rings. The number of H-pyrrole nitrogens is 1. The van der Waals surface area contributed by atoms with Crippen LogP contribution in [0.2, 0.25) is 0 Å². The quantitative estimate of drug-likeness (QED) is 0.325. The van der Waals surface area contributed by atoms with Gasteiger partial charge >= 0.3 is 12.1 Å². The van der Waals surface area contributed by atoms with Crippen LogP contribution in [-0.2, 0) is 22.6 Å². The van der Waals surface area contributed by atoms with Gasteiger partial charge in [0.05, 0.1) is 34.6 Å². The van der Waals surface area contributed by atoms with Crippen LogP contribution in [0.1, 0.15) is 35.3 Å². The molecule has 3 aromatic rings. The monoisotopic (exact) mass is 530 g/mol. The van der Waals surface area contributed by atoms with E-state index >= 15 is 0 Å². The van der Waals surface area contributed by atoms with Crippen molar-refractivity contribution in [3.8, 4) is 0 Å². The Morgan fingerprint density at radius 1 is 1.19 bits per heavy atom. The molecule has 0 unspecified atom stereocenters. The average Bonchev–Trinajstić information content (AvgIpc) is 3.28. The molecule has 9 nitrogen and oxygen atoms in total. The molecular weight excluding hydrogens is 500 g/mol. The summed E-state index contributed by atoms with van der Waals surface area (Å²) in [5.74, 6) is -0.979. The lowest BCUT2D eigenvalue weighted by atomic mass is 10.1. The fourth-order valence-electron chi connectivity index (χ4n) is 3.66. The minimum Gasteiger partial charge on any atom is -0.478 e. The first kappa shape index (κ1) is 26.3. The molecule has 1 amide bonds. The highest BCUT2D eigenvalue weighted by Gasteiger charge is 2.23. The number of carboxylic acids is 1. The zero-order valence-electron chi connectivity index (χ0n) is 20.3. The third-order valence-corrected chi connectivity index (χ3v) is 8.62. The second-order valence-corrected chi connectivity index (χ2v) is 12.0. The first-order valence-electron chi connectivity index (χ1n) is 11.6. The van der Waals surface area contributed by atoms with Gasteiger partial charge in [0.25, 0.3) is 0 Å². The van der Waals surface area contributed by atoms with Gasteiger partial charge in [-0.1, -0.05) is 35.1 Å². The highest BCUT2D eigenvalue weighted by atomic mass is 33.1. The first-order valence-corrected chi connectivity index (χ1v) is 13.8. The maximum absolute atomic E-state index is 12.3. The van der Waals surface area contributed by atoms with Crippen molar-refractivity contribution >= 4 is 44.7 Å². The van der Waals surface area contributed by atoms with Crippen LogP contribution in [0.4, 0.5) is 4.79 Å². The molecule has 2 heterocycles. The summed E-state index contributed by atoms with van der Waals surface area (Å²) < 4.78 is 10.5. The van der Waals surface area contributed by atoms with Crippen molar-refractivity contribution in [2.45, 2.75) is 36.8 Å². The predicted molar refractivity (Wildman–Crippen MR) is 141 cm³/mol. The molecule has 1 saturated heterocycles. The number of carbonyl (C=O) groups is 2. The lowest BCUT2D eigenvalue weighted by molar-refractivity contribution is 0.0342. The van der Waals surface area contributed by atoms with E-state index < -0.39 is 12.1 Å². The number of ether oxygens (including phenoxy) is 2. The predicted octanol–water partition coefficient (Wildman–Crippen LogP) is 4.54. The number of benzene rings is 2. The van der Waals surface area contributed by atoms with E-state index in [1.807, 2.05) is 26.0 Å². The molecule has 192 valence electrons. The Morgan fingerprint density at radius 3 is 2.75 bits per heavy atom. The minimum atomic E-state index is -0.979. The van der Waals surface area contributed by atoms with Crippen molar-refractivity contribution in [2.24, 2.45) is 0 Å². The molecule has 0 saturated carbocycles. The Morgan fingerprint density at radius 2 is 1.97 bits per heavy atom. The Bertz CT molecular complexity index is 1210. The van der Waals surface area contributed by atoms with Gasteiger partial charge in [-0.2, -0.15) is 0 Å². The van der Waals surface area contributed by atoms with Crippen LogP contribution in [-0.4, -0.2) is 69.7 Å². The van der Waals surface area contributed by atoms with E-state index in [0.29, 0.717) is 22.7 Å². The van der Waals surface area contributed by atoms with Gasteiger partial charge in [0.2, 0.25) is 0 Å². The number of nitrogens with one attached hydrogen (secondary N) is 2. The number of hydrogen-bond acceptors (Lipinski definition) is 8. The molecule has 36 heavy (non-hydrogen) atoms. The Balaban J connectivity index is 1.21. The fraction of sp³-hybridized carbons (Fsp3) is 0.400. The summed E-state index contributed by atoms with van der Waals surface area (Å²) in [4.78, 5) is 33.4. The lowest BCUT2D eigenvalue weighted by Gasteiger charge is -2.26. The van der Waals surface area contributed by atoms with Gasteiger partial charge in [-0.15, -0.1) is 0 Å². The van der Waals surface area contributed by atoms with Crippen LogP contribution in [0.25, 0.3) is 11.0 Å². The van der Waals surface area contributed by atoms with Crippen molar-refractivity contribution in [3.63, 3.8) is 0 Å². The number of rotatable bonds is 10. The third kappa shape index (κ3) is 7.63. The number of alkyl carbamates (subject to hydrolysis) is 1. The first-order chi connectivity index (χ1) is 17.3. The standard InChI is InChI=1S/C25H30N4O5S2/c1-25(2,36-35-23-27-20-7-6-19(22(30)31)13-21(20)28-23)16-34-24(32)26-14-17-4-3-5-18(12-17)15-29-8-10-33-11-9-29/h3-7,12-13H,8-11,14-16H2,1-2H3,(H,26,32)(H,27,28)(H,30,31). The summed E-state index contributed by atoms with van der Waals surface area (Å²) in [7, 11) is 2.94. The number of nitrogens with zero attached hydrogens (tertiary/aromatic N) is 2. The molecular formula is C25H30N4O5S2. The van der Waals surface area contributed by atoms with Crippen LogP contribution < -0.4 is 5.32 Å². The minimum absolute atomic E-state index is 0.207. The zero-order valence-corrected chi connectivity index (χ0v) is 21.9. The van der Waals surface area contributed by atoms with Crippen molar-refractivity contribution in [2.75, 3.05) is 32.9 Å². The van der Waals surface area contributed by atoms with Crippen molar-refractivity contribution in [1.82, 2.24) is 20.2 Å². The number of fused-ring (bicyclic) bond motifs is 1. The fourth-order valence-corrected chi connectivity index (χ4v) is 5.65. The van der Waals surface area contributed by atoms with Crippen LogP contribution >= 0.6 is 21.6 Å². The largest absolute Gasteiger partial charge is 0.478 e. The number of morpholine rings is 1. The summed E-state index contributed by atoms with van der Waals surface area (Å²) in [5, 5.41) is 12.6. The summed E-state index contributed by atoms with van der Waals surface area (Å²) in [6.45, 7) is 8.86. The van der Waals surface area contributed by atoms with Crippen LogP contribution in [0.15, 0.2) is 47.6 Å². The molecule has 1 aliphatic heterocycles. The van der Waals surface area contributed by atoms with Gasteiger partial charge in [0.1, 0.15) is 6.61 Å². The lowest BCUT2D eigenvalue weighted by Crippen LogP contribution is -2.35. The van der Waals surface area contributed by atoms with Gasteiger partial charge in [0.15, 0.2) is 5.16 Å². The number of hydrogen-bond donors (Lipinski definition) is 3. The van der Waals surface area contributed by atoms with Crippen LogP contribution in [0.3, 0.4) is 0 Å². The van der Waals surface area contributed by atoms with Gasteiger partial charge in [-0.3, -0.25) is 4.90 Å². The molecule has 0 spiro atoms. The molecule has 11 heteroatoms. The molecule has 1 fully saturated rings. The Kier molecular flexibility index (Phi) is 8.78. The topological polar surface area (TPSA) is 117 Å². The second kappa shape index (κ2) is 12.0. The number of carbonyl (C=O) groups excluding carboxylic acids is 1. The Hall–Kier alpha value is -2.73. The van der Waals surface area contributed by atoms with E-state index in [1.54, 1.807) is 12.1 Å².